The lowest BCUT2D eigenvalue weighted by Gasteiger charge is -2.26. The Kier molecular flexibility index (Phi) is 11.7. The number of aliphatic carboxylic acids is 3. The number of urea groups is 1. The number of carboxylic acids is 3. The van der Waals surface area contributed by atoms with Gasteiger partial charge in [-0.15, -0.1) is 5.10 Å². The molecule has 15 nitrogen and oxygen atoms in total. The van der Waals surface area contributed by atoms with Gasteiger partial charge in [0.25, 0.3) is 0 Å². The van der Waals surface area contributed by atoms with Crippen LogP contribution in [0.25, 0.3) is 11.3 Å². The summed E-state index contributed by atoms with van der Waals surface area (Å²) in [6.07, 6.45) is 1.64. The molecular formula is C24H32N6O9. The Hall–Kier alpha value is -4.69. The van der Waals surface area contributed by atoms with Crippen LogP contribution in [-0.4, -0.2) is 97.8 Å². The van der Waals surface area contributed by atoms with E-state index in [1.807, 2.05) is 12.1 Å². The van der Waals surface area contributed by atoms with Crippen molar-refractivity contribution in [1.29, 1.82) is 0 Å². The summed E-state index contributed by atoms with van der Waals surface area (Å²) in [6, 6.07) is 3.55. The second-order valence-electron chi connectivity index (χ2n) is 8.61. The molecule has 1 aromatic heterocycles. The number of carbonyl (C=O) groups excluding carboxylic acids is 2. The summed E-state index contributed by atoms with van der Waals surface area (Å²) in [5, 5.41) is 40.3. The van der Waals surface area contributed by atoms with Gasteiger partial charge in [0, 0.05) is 25.6 Å². The van der Waals surface area contributed by atoms with Gasteiger partial charge in [-0.25, -0.2) is 19.1 Å². The summed E-state index contributed by atoms with van der Waals surface area (Å²) in [4.78, 5) is 59.2. The highest BCUT2D eigenvalue weighted by Gasteiger charge is 2.29. The summed E-state index contributed by atoms with van der Waals surface area (Å²) in [5.41, 5.74) is 1.41. The molecule has 2 aromatic rings. The molecule has 15 heteroatoms. The summed E-state index contributed by atoms with van der Waals surface area (Å²) >= 11 is 0. The lowest BCUT2D eigenvalue weighted by atomic mass is 10.1. The van der Waals surface area contributed by atoms with Crippen LogP contribution in [0.2, 0.25) is 0 Å². The van der Waals surface area contributed by atoms with Crippen LogP contribution in [0.4, 0.5) is 4.79 Å². The van der Waals surface area contributed by atoms with Crippen molar-refractivity contribution >= 4 is 29.8 Å². The van der Waals surface area contributed by atoms with Gasteiger partial charge in [-0.2, -0.15) is 0 Å². The maximum atomic E-state index is 12.4. The highest BCUT2D eigenvalue weighted by atomic mass is 16.5. The first-order valence-electron chi connectivity index (χ1n) is 12.0. The molecule has 0 aliphatic carbocycles. The Morgan fingerprint density at radius 1 is 1.03 bits per heavy atom. The molecule has 0 saturated carbocycles. The van der Waals surface area contributed by atoms with E-state index in [1.54, 1.807) is 25.4 Å². The Morgan fingerprint density at radius 2 is 1.72 bits per heavy atom. The molecule has 2 rings (SSSR count). The number of amides is 3. The number of hydrogen-bond donors (Lipinski definition) is 5. The van der Waals surface area contributed by atoms with Crippen LogP contribution in [0.3, 0.4) is 0 Å². The van der Waals surface area contributed by atoms with E-state index in [4.69, 9.17) is 9.84 Å². The maximum absolute atomic E-state index is 12.4. The number of benzene rings is 1. The molecule has 0 saturated heterocycles. The molecule has 0 fully saturated rings. The quantitative estimate of drug-likeness (QED) is 0.184. The fourth-order valence-corrected chi connectivity index (χ4v) is 3.56. The van der Waals surface area contributed by atoms with Crippen LogP contribution < -0.4 is 15.4 Å². The number of nitrogens with one attached hydrogen (secondary N) is 2. The van der Waals surface area contributed by atoms with Crippen molar-refractivity contribution in [1.82, 2.24) is 30.5 Å². The topological polar surface area (TPSA) is 213 Å². The molecule has 2 atom stereocenters. The molecule has 1 aromatic carbocycles. The van der Waals surface area contributed by atoms with E-state index in [1.165, 1.54) is 11.7 Å². The van der Waals surface area contributed by atoms with Crippen molar-refractivity contribution in [2.45, 2.75) is 50.7 Å². The molecule has 0 radical (unpaired) electrons. The van der Waals surface area contributed by atoms with E-state index in [0.29, 0.717) is 24.3 Å². The monoisotopic (exact) mass is 548 g/mol. The lowest BCUT2D eigenvalue weighted by Crippen LogP contribution is -2.52. The van der Waals surface area contributed by atoms with E-state index in [9.17, 15) is 34.2 Å². The SMILES string of the molecule is COc1ccc(-c2cn(CC(=O)NCCCCC(C(=O)O)N(C)C(=O)NC(CCC(=O)O)C(=O)O)nn2)cc1. The smallest absolute Gasteiger partial charge is 0.326 e. The average molecular weight is 549 g/mol. The van der Waals surface area contributed by atoms with Crippen LogP contribution in [0, 0.1) is 0 Å². The van der Waals surface area contributed by atoms with E-state index < -0.39 is 42.4 Å². The fraction of sp³-hybridized carbons (Fsp3) is 0.458. The number of carboxylic acid groups (broad SMARTS) is 3. The molecule has 39 heavy (non-hydrogen) atoms. The first-order chi connectivity index (χ1) is 18.5. The zero-order chi connectivity index (χ0) is 28.9. The van der Waals surface area contributed by atoms with Crippen LogP contribution in [0.1, 0.15) is 32.1 Å². The summed E-state index contributed by atoms with van der Waals surface area (Å²) < 4.78 is 6.51. The molecule has 212 valence electrons. The van der Waals surface area contributed by atoms with Crippen molar-refractivity contribution < 1.29 is 44.0 Å². The van der Waals surface area contributed by atoms with Gasteiger partial charge in [-0.05, 0) is 49.9 Å². The second kappa shape index (κ2) is 14.9. The first kappa shape index (κ1) is 30.5. The minimum Gasteiger partial charge on any atom is -0.497 e. The maximum Gasteiger partial charge on any atom is 0.326 e. The zero-order valence-corrected chi connectivity index (χ0v) is 21.6. The number of carbonyl (C=O) groups is 5. The Balaban J connectivity index is 1.77. The van der Waals surface area contributed by atoms with Crippen molar-refractivity contribution in [2.75, 3.05) is 20.7 Å². The molecule has 0 bridgehead atoms. The molecule has 0 spiro atoms. The molecule has 0 aliphatic rings. The van der Waals surface area contributed by atoms with Gasteiger partial charge in [-0.1, -0.05) is 5.21 Å². The predicted octanol–water partition coefficient (Wildman–Crippen LogP) is 0.653. The Morgan fingerprint density at radius 3 is 2.31 bits per heavy atom. The van der Waals surface area contributed by atoms with E-state index in [-0.39, 0.29) is 31.8 Å². The first-order valence-corrected chi connectivity index (χ1v) is 12.0. The number of ether oxygens (including phenoxy) is 1. The second-order valence-corrected chi connectivity index (χ2v) is 8.61. The van der Waals surface area contributed by atoms with Crippen molar-refractivity contribution in [2.24, 2.45) is 0 Å². The van der Waals surface area contributed by atoms with Crippen LogP contribution >= 0.6 is 0 Å². The molecule has 2 unspecified atom stereocenters. The van der Waals surface area contributed by atoms with Gasteiger partial charge in [0.2, 0.25) is 5.91 Å². The fourth-order valence-electron chi connectivity index (χ4n) is 3.56. The van der Waals surface area contributed by atoms with Gasteiger partial charge >= 0.3 is 23.9 Å². The molecule has 1 heterocycles. The van der Waals surface area contributed by atoms with Gasteiger partial charge in [0.15, 0.2) is 0 Å². The number of unbranched alkanes of at least 4 members (excludes halogenated alkanes) is 1. The third-order valence-corrected chi connectivity index (χ3v) is 5.77. The standard InChI is InChI=1S/C24H32N6O9/c1-29(24(38)26-17(22(34)35)10-11-21(32)33)19(23(36)37)5-3-4-12-25-20(31)14-30-13-18(27-28-30)15-6-8-16(39-2)9-7-15/h6-9,13,17,19H,3-5,10-12,14H2,1-2H3,(H,25,31)(H,26,38)(H,32,33)(H,34,35)(H,36,37). The van der Waals surface area contributed by atoms with Crippen LogP contribution in [0.15, 0.2) is 30.5 Å². The minimum absolute atomic E-state index is 0.0519. The van der Waals surface area contributed by atoms with Gasteiger partial charge in [-0.3, -0.25) is 9.59 Å². The van der Waals surface area contributed by atoms with E-state index >= 15 is 0 Å². The van der Waals surface area contributed by atoms with Crippen molar-refractivity contribution in [3.05, 3.63) is 30.5 Å². The third kappa shape index (κ3) is 9.94. The number of nitrogens with zero attached hydrogens (tertiary/aromatic N) is 4. The average Bonchev–Trinajstić information content (AvgIpc) is 3.35. The highest BCUT2D eigenvalue weighted by Crippen LogP contribution is 2.19. The normalized spacial score (nSPS) is 12.2. The minimum atomic E-state index is -1.47. The van der Waals surface area contributed by atoms with E-state index in [2.05, 4.69) is 20.9 Å². The molecular weight excluding hydrogens is 516 g/mol. The number of likely N-dealkylation sites (N-methyl/N-ethyl adjacent to an activating group) is 1. The largest absolute Gasteiger partial charge is 0.497 e. The molecule has 3 amide bonds. The number of methoxy groups -OCH3 is 1. The number of aromatic nitrogens is 3. The number of hydrogen-bond acceptors (Lipinski definition) is 8. The van der Waals surface area contributed by atoms with Crippen LogP contribution in [-0.2, 0) is 25.7 Å². The zero-order valence-electron chi connectivity index (χ0n) is 21.6. The summed E-state index contributed by atoms with van der Waals surface area (Å²) in [6.45, 7) is 0.202. The van der Waals surface area contributed by atoms with Gasteiger partial charge in [0.1, 0.15) is 30.1 Å². The van der Waals surface area contributed by atoms with Crippen molar-refractivity contribution in [3.63, 3.8) is 0 Å². The predicted molar refractivity (Wildman–Crippen MR) is 135 cm³/mol. The molecule has 0 aliphatic heterocycles. The van der Waals surface area contributed by atoms with Crippen molar-refractivity contribution in [3.8, 4) is 17.0 Å². The number of rotatable bonds is 16. The summed E-state index contributed by atoms with van der Waals surface area (Å²) in [5.74, 6) is -3.54. The summed E-state index contributed by atoms with van der Waals surface area (Å²) in [7, 11) is 2.78. The highest BCUT2D eigenvalue weighted by molar-refractivity contribution is 5.86. The Labute approximate surface area is 223 Å². The Bertz CT molecular complexity index is 1150. The van der Waals surface area contributed by atoms with Gasteiger partial charge in [0.05, 0.1) is 13.3 Å². The lowest BCUT2D eigenvalue weighted by molar-refractivity contribution is -0.142. The van der Waals surface area contributed by atoms with Gasteiger partial charge < -0.3 is 35.6 Å². The third-order valence-electron chi connectivity index (χ3n) is 5.77. The van der Waals surface area contributed by atoms with E-state index in [0.717, 1.165) is 10.5 Å². The van der Waals surface area contributed by atoms with Crippen LogP contribution in [0.5, 0.6) is 5.75 Å². The molecule has 5 N–H and O–H groups in total.